The van der Waals surface area contributed by atoms with Gasteiger partial charge in [0.05, 0.1) is 4.47 Å². The fourth-order valence-electron chi connectivity index (χ4n) is 0.651. The van der Waals surface area contributed by atoms with E-state index < -0.39 is 11.4 Å². The Kier molecular flexibility index (Phi) is 3.07. The van der Waals surface area contributed by atoms with Gasteiger partial charge in [-0.15, -0.1) is 0 Å². The van der Waals surface area contributed by atoms with E-state index in [4.69, 9.17) is 9.66 Å². The van der Waals surface area contributed by atoms with E-state index in [1.807, 2.05) is 0 Å². The molecule has 2 N–H and O–H groups in total. The maximum absolute atomic E-state index is 10.2. The van der Waals surface area contributed by atoms with Crippen LogP contribution in [0.25, 0.3) is 0 Å². The highest BCUT2D eigenvalue weighted by Crippen LogP contribution is 2.34. The first-order valence-electron chi connectivity index (χ1n) is 2.88. The summed E-state index contributed by atoms with van der Waals surface area (Å²) in [5.41, 5.74) is 0. The highest BCUT2D eigenvalue weighted by atomic mass is 79.9. The van der Waals surface area contributed by atoms with Gasteiger partial charge in [0.2, 0.25) is 0 Å². The summed E-state index contributed by atoms with van der Waals surface area (Å²) in [6.07, 6.45) is 0. The molecule has 0 aliphatic carbocycles. The van der Waals surface area contributed by atoms with E-state index in [-0.39, 0.29) is 11.5 Å². The molecule has 0 heterocycles. The van der Waals surface area contributed by atoms with Crippen LogP contribution in [0.1, 0.15) is 0 Å². The Bertz CT molecular complexity index is 294. The van der Waals surface area contributed by atoms with Gasteiger partial charge in [-0.1, -0.05) is 6.07 Å². The molecule has 0 aliphatic heterocycles. The second-order valence-corrected chi connectivity index (χ2v) is 3.34. The third-order valence-corrected chi connectivity index (χ3v) is 2.03. The normalized spacial score (nSPS) is 12.5. The largest absolute Gasteiger partial charge is 0.504 e. The van der Waals surface area contributed by atoms with E-state index in [1.165, 1.54) is 6.07 Å². The van der Waals surface area contributed by atoms with Gasteiger partial charge in [-0.3, -0.25) is 4.55 Å². The van der Waals surface area contributed by atoms with Gasteiger partial charge in [0, 0.05) is 0 Å². The lowest BCUT2D eigenvalue weighted by Crippen LogP contribution is -1.98. The van der Waals surface area contributed by atoms with Gasteiger partial charge in [0.15, 0.2) is 11.5 Å². The van der Waals surface area contributed by atoms with Crippen molar-refractivity contribution in [1.82, 2.24) is 0 Å². The Labute approximate surface area is 79.8 Å². The third kappa shape index (κ3) is 2.20. The molecule has 6 heteroatoms. The van der Waals surface area contributed by atoms with Crippen molar-refractivity contribution in [3.63, 3.8) is 0 Å². The summed E-state index contributed by atoms with van der Waals surface area (Å²) in [6, 6.07) is 4.52. The zero-order valence-electron chi connectivity index (χ0n) is 5.73. The molecule has 1 aromatic carbocycles. The lowest BCUT2D eigenvalue weighted by molar-refractivity contribution is 0.416. The van der Waals surface area contributed by atoms with Crippen LogP contribution in [0.3, 0.4) is 0 Å². The number of hydrogen-bond acceptors (Lipinski definition) is 3. The monoisotopic (exact) mass is 252 g/mol. The van der Waals surface area contributed by atoms with Crippen molar-refractivity contribution in [2.45, 2.75) is 0 Å². The van der Waals surface area contributed by atoms with Crippen molar-refractivity contribution in [3.8, 4) is 11.5 Å². The molecule has 1 rings (SSSR count). The Morgan fingerprint density at radius 3 is 2.67 bits per heavy atom. The summed E-state index contributed by atoms with van der Waals surface area (Å²) in [5.74, 6) is -0.231. The summed E-state index contributed by atoms with van der Waals surface area (Å²) < 4.78 is 23.4. The fraction of sp³-hybridized carbons (Fsp3) is 0. The van der Waals surface area contributed by atoms with Gasteiger partial charge < -0.3 is 9.29 Å². The molecule has 1 unspecified atom stereocenters. The molecular formula is C6H5BrO4S. The molecule has 0 fully saturated rings. The SMILES string of the molecule is O=S(O)Oc1c(O)cccc1Br. The molecule has 0 radical (unpaired) electrons. The van der Waals surface area contributed by atoms with E-state index in [2.05, 4.69) is 20.1 Å². The average molecular weight is 253 g/mol. The standard InChI is InChI=1S/C6H5BrO4S/c7-4-2-1-3-5(8)6(4)11-12(9)10/h1-3,8H,(H,9,10). The molecular weight excluding hydrogens is 248 g/mol. The molecule has 1 atom stereocenters. The second-order valence-electron chi connectivity index (χ2n) is 1.89. The molecule has 0 bridgehead atoms. The predicted octanol–water partition coefficient (Wildman–Crippen LogP) is 1.67. The first-order chi connectivity index (χ1) is 5.61. The van der Waals surface area contributed by atoms with Gasteiger partial charge in [0.1, 0.15) is 0 Å². The van der Waals surface area contributed by atoms with Crippen molar-refractivity contribution in [1.29, 1.82) is 0 Å². The van der Waals surface area contributed by atoms with Gasteiger partial charge in [-0.25, -0.2) is 0 Å². The lowest BCUT2D eigenvalue weighted by atomic mass is 10.3. The highest BCUT2D eigenvalue weighted by molar-refractivity contribution is 9.10. The smallest absolute Gasteiger partial charge is 0.357 e. The van der Waals surface area contributed by atoms with Crippen LogP contribution in [0.5, 0.6) is 11.5 Å². The first-order valence-corrected chi connectivity index (χ1v) is 4.70. The van der Waals surface area contributed by atoms with Gasteiger partial charge in [0.25, 0.3) is 0 Å². The van der Waals surface area contributed by atoms with E-state index >= 15 is 0 Å². The zero-order valence-corrected chi connectivity index (χ0v) is 8.13. The number of phenols is 1. The molecule has 1 aromatic rings. The number of para-hydroxylation sites is 1. The van der Waals surface area contributed by atoms with Crippen LogP contribution in [-0.4, -0.2) is 13.9 Å². The average Bonchev–Trinajstić information content (AvgIpc) is 1.97. The van der Waals surface area contributed by atoms with Crippen molar-refractivity contribution >= 4 is 27.3 Å². The van der Waals surface area contributed by atoms with E-state index in [0.29, 0.717) is 4.47 Å². The minimum Gasteiger partial charge on any atom is -0.504 e. The lowest BCUT2D eigenvalue weighted by Gasteiger charge is -2.03. The maximum Gasteiger partial charge on any atom is 0.357 e. The minimum absolute atomic E-state index is 0.0432. The molecule has 4 nitrogen and oxygen atoms in total. The number of halogens is 1. The van der Waals surface area contributed by atoms with E-state index in [9.17, 15) is 4.21 Å². The Morgan fingerprint density at radius 1 is 1.50 bits per heavy atom. The molecule has 12 heavy (non-hydrogen) atoms. The van der Waals surface area contributed by atoms with Crippen molar-refractivity contribution in [2.75, 3.05) is 0 Å². The third-order valence-electron chi connectivity index (χ3n) is 1.10. The van der Waals surface area contributed by atoms with Crippen molar-refractivity contribution in [3.05, 3.63) is 22.7 Å². The van der Waals surface area contributed by atoms with Crippen molar-refractivity contribution in [2.24, 2.45) is 0 Å². The fourth-order valence-corrected chi connectivity index (χ4v) is 1.51. The second kappa shape index (κ2) is 3.88. The summed E-state index contributed by atoms with van der Waals surface area (Å²) >= 11 is 0.618. The molecule has 66 valence electrons. The summed E-state index contributed by atoms with van der Waals surface area (Å²) in [6.45, 7) is 0. The quantitative estimate of drug-likeness (QED) is 0.787. The number of aromatic hydroxyl groups is 1. The van der Waals surface area contributed by atoms with Crippen molar-refractivity contribution < 1.29 is 18.1 Å². The Morgan fingerprint density at radius 2 is 2.17 bits per heavy atom. The van der Waals surface area contributed by atoms with Crippen LogP contribution in [0.4, 0.5) is 0 Å². The van der Waals surface area contributed by atoms with Crippen LogP contribution in [0, 0.1) is 0 Å². The molecule has 0 saturated carbocycles. The highest BCUT2D eigenvalue weighted by Gasteiger charge is 2.09. The number of rotatable bonds is 2. The number of hydrogen-bond donors (Lipinski definition) is 2. The van der Waals surface area contributed by atoms with Crippen LogP contribution in [0.2, 0.25) is 0 Å². The minimum atomic E-state index is -2.43. The molecule has 0 aliphatic rings. The summed E-state index contributed by atoms with van der Waals surface area (Å²) in [5, 5.41) is 9.14. The van der Waals surface area contributed by atoms with E-state index in [1.54, 1.807) is 12.1 Å². The van der Waals surface area contributed by atoms with Crippen LogP contribution in [-0.2, 0) is 11.4 Å². The summed E-state index contributed by atoms with van der Waals surface area (Å²) in [7, 11) is 0. The molecule has 0 spiro atoms. The number of phenolic OH excluding ortho intramolecular Hbond substituents is 1. The van der Waals surface area contributed by atoms with Crippen LogP contribution in [0.15, 0.2) is 22.7 Å². The van der Waals surface area contributed by atoms with Gasteiger partial charge >= 0.3 is 11.4 Å². The van der Waals surface area contributed by atoms with Gasteiger partial charge in [-0.2, -0.15) is 4.21 Å². The topological polar surface area (TPSA) is 66.8 Å². The maximum atomic E-state index is 10.2. The van der Waals surface area contributed by atoms with Crippen LogP contribution >= 0.6 is 15.9 Å². The Hall–Kier alpha value is -0.590. The van der Waals surface area contributed by atoms with E-state index in [0.717, 1.165) is 0 Å². The predicted molar refractivity (Wildman–Crippen MR) is 47.2 cm³/mol. The Balaban J connectivity index is 3.04. The van der Waals surface area contributed by atoms with Crippen LogP contribution < -0.4 is 4.18 Å². The van der Waals surface area contributed by atoms with Gasteiger partial charge in [-0.05, 0) is 28.1 Å². The molecule has 0 aromatic heterocycles. The number of benzene rings is 1. The zero-order chi connectivity index (χ0) is 9.14. The first kappa shape index (κ1) is 9.50. The molecule has 0 amide bonds. The summed E-state index contributed by atoms with van der Waals surface area (Å²) in [4.78, 5) is 0. The molecule has 0 saturated heterocycles.